The highest BCUT2D eigenvalue weighted by Crippen LogP contribution is 2.22. The lowest BCUT2D eigenvalue weighted by atomic mass is 10.1. The van der Waals surface area contributed by atoms with Crippen LogP contribution in [0.3, 0.4) is 0 Å². The number of nitrogens with one attached hydrogen (secondary N) is 1. The van der Waals surface area contributed by atoms with Crippen LogP contribution in [0.15, 0.2) is 35.1 Å². The van der Waals surface area contributed by atoms with Crippen molar-refractivity contribution in [3.8, 4) is 0 Å². The highest BCUT2D eigenvalue weighted by molar-refractivity contribution is 5.34. The van der Waals surface area contributed by atoms with E-state index in [1.54, 1.807) is 5.57 Å². The molecule has 1 heteroatoms. The Morgan fingerprint density at radius 2 is 2.25 bits per heavy atom. The Morgan fingerprint density at radius 3 is 3.17 bits per heavy atom. The van der Waals surface area contributed by atoms with Gasteiger partial charge in [0.2, 0.25) is 0 Å². The van der Waals surface area contributed by atoms with Crippen LogP contribution < -0.4 is 5.32 Å². The van der Waals surface area contributed by atoms with Gasteiger partial charge in [0.25, 0.3) is 0 Å². The van der Waals surface area contributed by atoms with E-state index in [1.807, 2.05) is 0 Å². The van der Waals surface area contributed by atoms with Gasteiger partial charge in [-0.25, -0.2) is 0 Å². The molecule has 2 bridgehead atoms. The Balaban J connectivity index is 2.32. The fraction of sp³-hybridized carbons (Fsp3) is 0.455. The van der Waals surface area contributed by atoms with Crippen molar-refractivity contribution >= 4 is 0 Å². The van der Waals surface area contributed by atoms with Crippen molar-refractivity contribution in [1.82, 2.24) is 5.32 Å². The van der Waals surface area contributed by atoms with Crippen LogP contribution in [0, 0.1) is 0 Å². The Hall–Kier alpha value is -0.980. The van der Waals surface area contributed by atoms with Crippen LogP contribution in [0.25, 0.3) is 0 Å². The monoisotopic (exact) mass is 161 g/mol. The molecule has 0 unspecified atom stereocenters. The fourth-order valence-corrected chi connectivity index (χ4v) is 1.80. The molecule has 12 heavy (non-hydrogen) atoms. The van der Waals surface area contributed by atoms with Gasteiger partial charge in [0.05, 0.1) is 0 Å². The van der Waals surface area contributed by atoms with Crippen LogP contribution in [0.4, 0.5) is 0 Å². The molecule has 2 aliphatic rings. The Kier molecular flexibility index (Phi) is 2.03. The van der Waals surface area contributed by atoms with Gasteiger partial charge in [-0.2, -0.15) is 0 Å². The highest BCUT2D eigenvalue weighted by Gasteiger charge is 2.09. The van der Waals surface area contributed by atoms with Crippen LogP contribution >= 0.6 is 0 Å². The van der Waals surface area contributed by atoms with Crippen LogP contribution in [0.2, 0.25) is 0 Å². The van der Waals surface area contributed by atoms with Gasteiger partial charge in [-0.1, -0.05) is 23.3 Å². The summed E-state index contributed by atoms with van der Waals surface area (Å²) < 4.78 is 0. The van der Waals surface area contributed by atoms with Crippen LogP contribution in [0.5, 0.6) is 0 Å². The second kappa shape index (κ2) is 3.18. The summed E-state index contributed by atoms with van der Waals surface area (Å²) in [5.41, 5.74) is 4.34. The van der Waals surface area contributed by atoms with Crippen molar-refractivity contribution in [1.29, 1.82) is 0 Å². The van der Waals surface area contributed by atoms with E-state index < -0.39 is 0 Å². The van der Waals surface area contributed by atoms with Crippen molar-refractivity contribution in [3.05, 3.63) is 35.1 Å². The minimum Gasteiger partial charge on any atom is -0.388 e. The molecule has 1 saturated heterocycles. The maximum atomic E-state index is 3.45. The molecule has 1 nitrogen and oxygen atoms in total. The normalized spacial score (nSPS) is 22.6. The van der Waals surface area contributed by atoms with Crippen molar-refractivity contribution in [3.63, 3.8) is 0 Å². The molecule has 0 spiro atoms. The number of rotatable bonds is 0. The Labute approximate surface area is 73.9 Å². The maximum Gasteiger partial charge on any atom is 0.0148 e. The summed E-state index contributed by atoms with van der Waals surface area (Å²) in [5.74, 6) is 0. The second-order valence-electron chi connectivity index (χ2n) is 3.61. The molecule has 0 saturated carbocycles. The summed E-state index contributed by atoms with van der Waals surface area (Å²) in [6.45, 7) is 3.30. The average Bonchev–Trinajstić information content (AvgIpc) is 2.35. The first-order valence-corrected chi connectivity index (χ1v) is 4.65. The van der Waals surface area contributed by atoms with E-state index in [-0.39, 0.29) is 0 Å². The molecule has 0 radical (unpaired) electrons. The predicted molar refractivity (Wildman–Crippen MR) is 51.8 cm³/mol. The van der Waals surface area contributed by atoms with Crippen molar-refractivity contribution in [2.45, 2.75) is 26.2 Å². The van der Waals surface area contributed by atoms with E-state index >= 15 is 0 Å². The first-order valence-electron chi connectivity index (χ1n) is 4.65. The summed E-state index contributed by atoms with van der Waals surface area (Å²) in [6.07, 6.45) is 10.4. The van der Waals surface area contributed by atoms with Gasteiger partial charge < -0.3 is 5.32 Å². The lowest BCUT2D eigenvalue weighted by Gasteiger charge is -2.03. The number of hydrogen-bond donors (Lipinski definition) is 1. The highest BCUT2D eigenvalue weighted by atomic mass is 14.9. The SMILES string of the molecule is CC1=CC=C2CC(=C1)CCCN2. The lowest BCUT2D eigenvalue weighted by molar-refractivity contribution is 0.760. The topological polar surface area (TPSA) is 12.0 Å². The predicted octanol–water partition coefficient (Wildman–Crippen LogP) is 2.53. The largest absolute Gasteiger partial charge is 0.388 e. The fourth-order valence-electron chi connectivity index (χ4n) is 1.80. The van der Waals surface area contributed by atoms with Gasteiger partial charge in [0.1, 0.15) is 0 Å². The third-order valence-corrected chi connectivity index (χ3v) is 2.42. The zero-order chi connectivity index (χ0) is 8.39. The van der Waals surface area contributed by atoms with Gasteiger partial charge >= 0.3 is 0 Å². The average molecular weight is 161 g/mol. The second-order valence-corrected chi connectivity index (χ2v) is 3.61. The van der Waals surface area contributed by atoms with Crippen LogP contribution in [-0.2, 0) is 0 Å². The van der Waals surface area contributed by atoms with Gasteiger partial charge in [-0.15, -0.1) is 0 Å². The molecule has 0 aromatic heterocycles. The maximum absolute atomic E-state index is 3.45. The molecule has 0 aromatic carbocycles. The lowest BCUT2D eigenvalue weighted by Crippen LogP contribution is -2.11. The number of fused-ring (bicyclic) bond motifs is 2. The first kappa shape index (κ1) is 7.66. The van der Waals surface area contributed by atoms with Gasteiger partial charge in [-0.05, 0) is 25.8 Å². The Bertz CT molecular complexity index is 269. The minimum absolute atomic E-state index is 1.13. The third-order valence-electron chi connectivity index (χ3n) is 2.42. The minimum atomic E-state index is 1.13. The summed E-state index contributed by atoms with van der Waals surface area (Å²) in [6, 6.07) is 0. The van der Waals surface area contributed by atoms with Gasteiger partial charge in [0, 0.05) is 18.7 Å². The smallest absolute Gasteiger partial charge is 0.0148 e. The quantitative estimate of drug-likeness (QED) is 0.575. The Morgan fingerprint density at radius 1 is 1.33 bits per heavy atom. The summed E-state index contributed by atoms with van der Waals surface area (Å²) in [7, 11) is 0. The van der Waals surface area contributed by atoms with E-state index in [0.29, 0.717) is 0 Å². The summed E-state index contributed by atoms with van der Waals surface area (Å²) >= 11 is 0. The van der Waals surface area contributed by atoms with Gasteiger partial charge in [0.15, 0.2) is 0 Å². The van der Waals surface area contributed by atoms with Crippen molar-refractivity contribution < 1.29 is 0 Å². The zero-order valence-corrected chi connectivity index (χ0v) is 7.56. The van der Waals surface area contributed by atoms with E-state index in [4.69, 9.17) is 0 Å². The molecule has 1 heterocycles. The zero-order valence-electron chi connectivity index (χ0n) is 7.56. The number of hydrogen-bond acceptors (Lipinski definition) is 1. The molecule has 1 aliphatic heterocycles. The van der Waals surface area contributed by atoms with Crippen molar-refractivity contribution in [2.75, 3.05) is 6.54 Å². The molecule has 0 atom stereocenters. The molecule has 1 aliphatic carbocycles. The molecular formula is C11H15N. The molecular weight excluding hydrogens is 146 g/mol. The van der Waals surface area contributed by atoms with E-state index in [0.717, 1.165) is 13.0 Å². The van der Waals surface area contributed by atoms with E-state index in [2.05, 4.69) is 30.5 Å². The molecule has 0 aromatic rings. The van der Waals surface area contributed by atoms with Crippen LogP contribution in [-0.4, -0.2) is 6.54 Å². The molecule has 0 amide bonds. The number of allylic oxidation sites excluding steroid dienone is 5. The van der Waals surface area contributed by atoms with E-state index in [1.165, 1.54) is 24.1 Å². The first-order chi connectivity index (χ1) is 5.84. The van der Waals surface area contributed by atoms with Crippen LogP contribution in [0.1, 0.15) is 26.2 Å². The van der Waals surface area contributed by atoms with Crippen molar-refractivity contribution in [2.24, 2.45) is 0 Å². The standard InChI is InChI=1S/C11H15N/c1-9-4-5-11-8-10(7-9)3-2-6-12-11/h4-5,7,12H,2-3,6,8H2,1H3. The molecule has 64 valence electrons. The summed E-state index contributed by atoms with van der Waals surface area (Å²) in [5, 5.41) is 3.45. The molecule has 1 fully saturated rings. The van der Waals surface area contributed by atoms with E-state index in [9.17, 15) is 0 Å². The molecule has 1 N–H and O–H groups in total. The molecule has 2 rings (SSSR count). The summed E-state index contributed by atoms with van der Waals surface area (Å²) in [4.78, 5) is 0. The van der Waals surface area contributed by atoms with Gasteiger partial charge in [-0.3, -0.25) is 0 Å². The third kappa shape index (κ3) is 1.60.